The zero-order valence-corrected chi connectivity index (χ0v) is 16.1. The molecule has 9 nitrogen and oxygen atoms in total. The van der Waals surface area contributed by atoms with E-state index in [0.717, 1.165) is 5.56 Å². The number of halogens is 1. The van der Waals surface area contributed by atoms with E-state index < -0.39 is 31.1 Å². The molecule has 1 saturated heterocycles. The van der Waals surface area contributed by atoms with Gasteiger partial charge in [0, 0.05) is 10.8 Å². The summed E-state index contributed by atoms with van der Waals surface area (Å²) < 4.78 is 7.04. The molecule has 0 radical (unpaired) electrons. The number of nitrogen functional groups attached to an aromatic ring is 1. The highest BCUT2D eigenvalue weighted by atomic mass is 35.5. The van der Waals surface area contributed by atoms with Crippen LogP contribution in [0.25, 0.3) is 11.2 Å². The van der Waals surface area contributed by atoms with E-state index in [4.69, 9.17) is 22.1 Å². The van der Waals surface area contributed by atoms with Crippen molar-refractivity contribution in [2.75, 3.05) is 12.3 Å². The molecule has 2 aromatic heterocycles. The third-order valence-electron chi connectivity index (χ3n) is 4.52. The van der Waals surface area contributed by atoms with Crippen LogP contribution in [0, 0.1) is 0 Å². The standard InChI is InChI=1S/C17H18ClN5O4S/c18-9-4-2-1-3-8(9)6-28-15-11-14(21-17(19)22-15)23(7-20-11)16-13(26)12(25)10(5-24)27-16/h1-4,7,10,12-13,16,24-26H,5-6H2,(H2,19,21,22)/t10-,12+,13-,16+/m0/s1. The van der Waals surface area contributed by atoms with E-state index in [2.05, 4.69) is 15.0 Å². The number of benzene rings is 1. The molecule has 1 aromatic carbocycles. The van der Waals surface area contributed by atoms with Gasteiger partial charge in [-0.25, -0.2) is 9.97 Å². The molecule has 3 aromatic rings. The van der Waals surface area contributed by atoms with Crippen LogP contribution in [0.15, 0.2) is 35.6 Å². The van der Waals surface area contributed by atoms with Gasteiger partial charge in [-0.05, 0) is 11.6 Å². The van der Waals surface area contributed by atoms with Gasteiger partial charge >= 0.3 is 0 Å². The SMILES string of the molecule is Nc1nc(SCc2ccccc2Cl)c2ncn([C@@H]3O[C@@H](CO)[C@@H](O)[C@@H]3O)c2n1. The van der Waals surface area contributed by atoms with Gasteiger partial charge in [0.2, 0.25) is 5.95 Å². The third-order valence-corrected chi connectivity index (χ3v) is 5.90. The van der Waals surface area contributed by atoms with Gasteiger partial charge in [0.05, 0.1) is 12.9 Å². The summed E-state index contributed by atoms with van der Waals surface area (Å²) in [6.45, 7) is -0.419. The molecule has 1 fully saturated rings. The zero-order valence-electron chi connectivity index (χ0n) is 14.5. The van der Waals surface area contributed by atoms with Crippen molar-refractivity contribution in [1.29, 1.82) is 0 Å². The Kier molecular flexibility index (Phi) is 5.41. The Morgan fingerprint density at radius 2 is 2.00 bits per heavy atom. The zero-order chi connectivity index (χ0) is 19.8. The van der Waals surface area contributed by atoms with Crippen molar-refractivity contribution in [3.05, 3.63) is 41.2 Å². The molecule has 0 unspecified atom stereocenters. The number of ether oxygens (including phenoxy) is 1. The van der Waals surface area contributed by atoms with Crippen LogP contribution in [-0.2, 0) is 10.5 Å². The molecular weight excluding hydrogens is 406 g/mol. The quantitative estimate of drug-likeness (QED) is 0.349. The van der Waals surface area contributed by atoms with Crippen LogP contribution >= 0.6 is 23.4 Å². The maximum atomic E-state index is 10.3. The number of imidazole rings is 1. The maximum absolute atomic E-state index is 10.3. The van der Waals surface area contributed by atoms with Crippen LogP contribution in [0.4, 0.5) is 5.95 Å². The summed E-state index contributed by atoms with van der Waals surface area (Å²) in [5.74, 6) is 0.606. The molecule has 28 heavy (non-hydrogen) atoms. The number of nitrogens with zero attached hydrogens (tertiary/aromatic N) is 4. The van der Waals surface area contributed by atoms with Gasteiger partial charge in [0.1, 0.15) is 28.9 Å². The molecule has 0 amide bonds. The summed E-state index contributed by atoms with van der Waals surface area (Å²) in [7, 11) is 0. The molecule has 0 spiro atoms. The average Bonchev–Trinajstić information content (AvgIpc) is 3.22. The van der Waals surface area contributed by atoms with Crippen molar-refractivity contribution in [3.8, 4) is 0 Å². The third kappa shape index (κ3) is 3.43. The second-order valence-electron chi connectivity index (χ2n) is 6.32. The average molecular weight is 424 g/mol. The van der Waals surface area contributed by atoms with Gasteiger partial charge in [-0.1, -0.05) is 41.6 Å². The highest BCUT2D eigenvalue weighted by Crippen LogP contribution is 2.34. The smallest absolute Gasteiger partial charge is 0.223 e. The fraction of sp³-hybridized carbons (Fsp3) is 0.353. The van der Waals surface area contributed by atoms with Crippen LogP contribution in [0.1, 0.15) is 11.8 Å². The van der Waals surface area contributed by atoms with E-state index in [1.165, 1.54) is 22.7 Å². The number of rotatable bonds is 5. The first-order valence-corrected chi connectivity index (χ1v) is 9.84. The lowest BCUT2D eigenvalue weighted by Crippen LogP contribution is -2.33. The highest BCUT2D eigenvalue weighted by Gasteiger charge is 2.44. The molecule has 1 aliphatic rings. The summed E-state index contributed by atoms with van der Waals surface area (Å²) >= 11 is 7.62. The summed E-state index contributed by atoms with van der Waals surface area (Å²) in [5, 5.41) is 30.8. The molecule has 0 bridgehead atoms. The van der Waals surface area contributed by atoms with Crippen molar-refractivity contribution in [3.63, 3.8) is 0 Å². The van der Waals surface area contributed by atoms with Gasteiger partial charge < -0.3 is 25.8 Å². The van der Waals surface area contributed by atoms with Gasteiger partial charge in [-0.15, -0.1) is 0 Å². The fourth-order valence-electron chi connectivity index (χ4n) is 3.06. The first-order valence-electron chi connectivity index (χ1n) is 8.48. The van der Waals surface area contributed by atoms with E-state index in [9.17, 15) is 15.3 Å². The first kappa shape index (κ1) is 19.4. The van der Waals surface area contributed by atoms with Gasteiger partial charge in [0.25, 0.3) is 0 Å². The van der Waals surface area contributed by atoms with Gasteiger partial charge in [-0.3, -0.25) is 4.57 Å². The minimum Gasteiger partial charge on any atom is -0.394 e. The largest absolute Gasteiger partial charge is 0.394 e. The van der Waals surface area contributed by atoms with Crippen molar-refractivity contribution in [2.45, 2.75) is 35.3 Å². The van der Waals surface area contributed by atoms with Crippen molar-refractivity contribution in [1.82, 2.24) is 19.5 Å². The number of thioether (sulfide) groups is 1. The van der Waals surface area contributed by atoms with Crippen molar-refractivity contribution in [2.24, 2.45) is 0 Å². The number of aliphatic hydroxyl groups is 3. The molecule has 4 atom stereocenters. The number of anilines is 1. The summed E-state index contributed by atoms with van der Waals surface area (Å²) in [4.78, 5) is 12.8. The van der Waals surface area contributed by atoms with E-state index in [-0.39, 0.29) is 5.95 Å². The Hall–Kier alpha value is -1.95. The molecule has 1 aliphatic heterocycles. The number of nitrogens with two attached hydrogens (primary N) is 1. The van der Waals surface area contributed by atoms with Crippen molar-refractivity contribution >= 4 is 40.5 Å². The predicted octanol–water partition coefficient (Wildman–Crippen LogP) is 0.966. The summed E-state index contributed by atoms with van der Waals surface area (Å²) in [6.07, 6.45) is -2.87. The second kappa shape index (κ2) is 7.82. The van der Waals surface area contributed by atoms with Crippen LogP contribution < -0.4 is 5.73 Å². The maximum Gasteiger partial charge on any atom is 0.223 e. The molecule has 0 saturated carbocycles. The predicted molar refractivity (Wildman–Crippen MR) is 104 cm³/mol. The van der Waals surface area contributed by atoms with Crippen LogP contribution in [0.5, 0.6) is 0 Å². The fourth-order valence-corrected chi connectivity index (χ4v) is 4.33. The Morgan fingerprint density at radius 3 is 2.71 bits per heavy atom. The lowest BCUT2D eigenvalue weighted by molar-refractivity contribution is -0.0511. The molecular formula is C17H18ClN5O4S. The summed E-state index contributed by atoms with van der Waals surface area (Å²) in [6, 6.07) is 7.51. The van der Waals surface area contributed by atoms with E-state index in [1.807, 2.05) is 24.3 Å². The Bertz CT molecular complexity index is 1000. The Labute approximate surface area is 169 Å². The van der Waals surface area contributed by atoms with Crippen LogP contribution in [0.2, 0.25) is 5.02 Å². The van der Waals surface area contributed by atoms with E-state index >= 15 is 0 Å². The summed E-state index contributed by atoms with van der Waals surface area (Å²) in [5.41, 5.74) is 7.67. The minimum atomic E-state index is -1.25. The molecule has 11 heteroatoms. The molecule has 4 rings (SSSR count). The topological polar surface area (TPSA) is 140 Å². The number of hydrogen-bond donors (Lipinski definition) is 4. The molecule has 3 heterocycles. The van der Waals surface area contributed by atoms with Gasteiger partial charge in [0.15, 0.2) is 11.9 Å². The lowest BCUT2D eigenvalue weighted by Gasteiger charge is -2.16. The first-order chi connectivity index (χ1) is 13.5. The number of aliphatic hydroxyl groups excluding tert-OH is 3. The van der Waals surface area contributed by atoms with Crippen LogP contribution in [-0.4, -0.2) is 59.8 Å². The lowest BCUT2D eigenvalue weighted by atomic mass is 10.1. The van der Waals surface area contributed by atoms with Crippen LogP contribution in [0.3, 0.4) is 0 Å². The van der Waals surface area contributed by atoms with Crippen molar-refractivity contribution < 1.29 is 20.1 Å². The second-order valence-corrected chi connectivity index (χ2v) is 7.69. The Morgan fingerprint density at radius 1 is 1.21 bits per heavy atom. The monoisotopic (exact) mass is 423 g/mol. The Balaban J connectivity index is 1.66. The highest BCUT2D eigenvalue weighted by molar-refractivity contribution is 7.98. The molecule has 5 N–H and O–H groups in total. The number of aromatic nitrogens is 4. The van der Waals surface area contributed by atoms with E-state index in [0.29, 0.717) is 27.0 Å². The number of fused-ring (bicyclic) bond motifs is 1. The normalized spacial score (nSPS) is 24.9. The number of hydrogen-bond acceptors (Lipinski definition) is 9. The van der Waals surface area contributed by atoms with E-state index in [1.54, 1.807) is 0 Å². The van der Waals surface area contributed by atoms with Gasteiger partial charge in [-0.2, -0.15) is 4.98 Å². The molecule has 148 valence electrons. The molecule has 0 aliphatic carbocycles. The minimum absolute atomic E-state index is 0.0441.